The van der Waals surface area contributed by atoms with Crippen molar-refractivity contribution in [3.63, 3.8) is 0 Å². The SMILES string of the molecule is C[C@]12CCC(=O)N1[C@H](C(=O)OCC(=O)c1ccc(C3CCCCC3)cc1)CS2. The highest BCUT2D eigenvalue weighted by molar-refractivity contribution is 8.01. The maximum absolute atomic E-state index is 12.5. The predicted octanol–water partition coefficient (Wildman–Crippen LogP) is 3.91. The number of carbonyl (C=O) groups excluding carboxylic acids is 3. The summed E-state index contributed by atoms with van der Waals surface area (Å²) in [7, 11) is 0. The minimum Gasteiger partial charge on any atom is -0.456 e. The van der Waals surface area contributed by atoms with Crippen molar-refractivity contribution in [3.8, 4) is 0 Å². The van der Waals surface area contributed by atoms with Crippen LogP contribution in [-0.2, 0) is 14.3 Å². The highest BCUT2D eigenvalue weighted by Gasteiger charge is 2.53. The summed E-state index contributed by atoms with van der Waals surface area (Å²) >= 11 is 1.62. The van der Waals surface area contributed by atoms with E-state index in [0.29, 0.717) is 23.7 Å². The molecule has 1 aliphatic carbocycles. The molecule has 3 aliphatic rings. The molecule has 3 fully saturated rings. The molecule has 1 aromatic carbocycles. The van der Waals surface area contributed by atoms with Crippen LogP contribution in [0.2, 0.25) is 0 Å². The smallest absolute Gasteiger partial charge is 0.330 e. The number of ether oxygens (including phenoxy) is 1. The number of hydrogen-bond acceptors (Lipinski definition) is 5. The van der Waals surface area contributed by atoms with Gasteiger partial charge < -0.3 is 9.64 Å². The first kappa shape index (κ1) is 19.5. The van der Waals surface area contributed by atoms with Crippen LogP contribution in [0.25, 0.3) is 0 Å². The fourth-order valence-electron chi connectivity index (χ4n) is 4.69. The highest BCUT2D eigenvalue weighted by atomic mass is 32.2. The summed E-state index contributed by atoms with van der Waals surface area (Å²) in [4.78, 5) is 38.4. The predicted molar refractivity (Wildman–Crippen MR) is 108 cm³/mol. The van der Waals surface area contributed by atoms with Crippen LogP contribution in [0.15, 0.2) is 24.3 Å². The molecule has 2 aliphatic heterocycles. The molecule has 0 aromatic heterocycles. The number of ketones is 1. The van der Waals surface area contributed by atoms with Gasteiger partial charge in [0.2, 0.25) is 5.91 Å². The molecule has 0 spiro atoms. The Labute approximate surface area is 170 Å². The highest BCUT2D eigenvalue weighted by Crippen LogP contribution is 2.47. The van der Waals surface area contributed by atoms with Gasteiger partial charge in [-0.25, -0.2) is 4.79 Å². The molecule has 0 bridgehead atoms. The molecular weight excluding hydrogens is 374 g/mol. The summed E-state index contributed by atoms with van der Waals surface area (Å²) in [5.41, 5.74) is 1.86. The number of hydrogen-bond donors (Lipinski definition) is 0. The van der Waals surface area contributed by atoms with E-state index in [4.69, 9.17) is 4.74 Å². The summed E-state index contributed by atoms with van der Waals surface area (Å²) in [6.07, 6.45) is 7.54. The van der Waals surface area contributed by atoms with Crippen LogP contribution < -0.4 is 0 Å². The van der Waals surface area contributed by atoms with Gasteiger partial charge in [-0.15, -0.1) is 11.8 Å². The van der Waals surface area contributed by atoms with Crippen molar-refractivity contribution in [3.05, 3.63) is 35.4 Å². The monoisotopic (exact) mass is 401 g/mol. The quantitative estimate of drug-likeness (QED) is 0.553. The van der Waals surface area contributed by atoms with Crippen LogP contribution in [0.3, 0.4) is 0 Å². The average molecular weight is 402 g/mol. The largest absolute Gasteiger partial charge is 0.456 e. The Morgan fingerprint density at radius 3 is 2.61 bits per heavy atom. The Kier molecular flexibility index (Phi) is 5.50. The first-order chi connectivity index (χ1) is 13.5. The number of Topliss-reactive ketones (excluding diaryl/α,β-unsaturated/α-hetero) is 1. The minimum atomic E-state index is -0.577. The second kappa shape index (κ2) is 7.90. The summed E-state index contributed by atoms with van der Waals surface area (Å²) < 4.78 is 5.29. The van der Waals surface area contributed by atoms with Crippen LogP contribution in [0.1, 0.15) is 73.7 Å². The van der Waals surface area contributed by atoms with Crippen molar-refractivity contribution >= 4 is 29.4 Å². The molecule has 2 atom stereocenters. The lowest BCUT2D eigenvalue weighted by molar-refractivity contribution is -0.152. The van der Waals surface area contributed by atoms with Crippen LogP contribution in [0.4, 0.5) is 0 Å². The van der Waals surface area contributed by atoms with Gasteiger partial charge in [-0.1, -0.05) is 43.5 Å². The van der Waals surface area contributed by atoms with Gasteiger partial charge in [0.25, 0.3) is 0 Å². The van der Waals surface area contributed by atoms with Crippen LogP contribution >= 0.6 is 11.8 Å². The number of esters is 1. The maximum atomic E-state index is 12.5. The molecule has 2 saturated heterocycles. The van der Waals surface area contributed by atoms with Gasteiger partial charge in [0, 0.05) is 17.7 Å². The molecule has 1 aromatic rings. The van der Waals surface area contributed by atoms with Gasteiger partial charge in [-0.2, -0.15) is 0 Å². The van der Waals surface area contributed by atoms with E-state index >= 15 is 0 Å². The Morgan fingerprint density at radius 1 is 1.18 bits per heavy atom. The molecule has 1 amide bonds. The van der Waals surface area contributed by atoms with Gasteiger partial charge in [0.05, 0.1) is 4.87 Å². The molecular formula is C22H27NO4S. The molecule has 0 radical (unpaired) electrons. The number of benzene rings is 1. The molecule has 2 heterocycles. The van der Waals surface area contributed by atoms with E-state index in [-0.39, 0.29) is 23.2 Å². The third-order valence-corrected chi connectivity index (χ3v) is 7.88. The van der Waals surface area contributed by atoms with E-state index in [1.54, 1.807) is 16.7 Å². The van der Waals surface area contributed by atoms with Crippen molar-refractivity contribution in [2.24, 2.45) is 0 Å². The Balaban J connectivity index is 1.33. The lowest BCUT2D eigenvalue weighted by Crippen LogP contribution is -2.46. The van der Waals surface area contributed by atoms with Crippen LogP contribution in [0, 0.1) is 0 Å². The van der Waals surface area contributed by atoms with E-state index in [1.807, 2.05) is 31.2 Å². The molecule has 0 N–H and O–H groups in total. The summed E-state index contributed by atoms with van der Waals surface area (Å²) in [5.74, 6) is 0.455. The third-order valence-electron chi connectivity index (χ3n) is 6.37. The Morgan fingerprint density at radius 2 is 1.89 bits per heavy atom. The van der Waals surface area contributed by atoms with Crippen molar-refractivity contribution in [1.82, 2.24) is 4.90 Å². The standard InChI is InChI=1S/C22H27NO4S/c1-22-12-11-20(25)23(22)18(14-28-22)21(26)27-13-19(24)17-9-7-16(8-10-17)15-5-3-2-4-6-15/h7-10,15,18H,2-6,11-14H2,1H3/t18-,22-/m0/s1. The van der Waals surface area contributed by atoms with Crippen molar-refractivity contribution in [2.75, 3.05) is 12.4 Å². The third kappa shape index (κ3) is 3.71. The first-order valence-electron chi connectivity index (χ1n) is 10.2. The maximum Gasteiger partial charge on any atom is 0.330 e. The molecule has 28 heavy (non-hydrogen) atoms. The van der Waals surface area contributed by atoms with Crippen molar-refractivity contribution < 1.29 is 19.1 Å². The van der Waals surface area contributed by atoms with Gasteiger partial charge in [-0.3, -0.25) is 9.59 Å². The average Bonchev–Trinajstić information content (AvgIpc) is 3.22. The molecule has 4 rings (SSSR count). The minimum absolute atomic E-state index is 0.000854. The Hall–Kier alpha value is -1.82. The number of carbonyl (C=O) groups is 3. The van der Waals surface area contributed by atoms with E-state index in [0.717, 1.165) is 6.42 Å². The second-order valence-electron chi connectivity index (χ2n) is 8.25. The topological polar surface area (TPSA) is 63.7 Å². The molecule has 6 heteroatoms. The normalized spacial score (nSPS) is 27.7. The van der Waals surface area contributed by atoms with E-state index in [2.05, 4.69) is 0 Å². The van der Waals surface area contributed by atoms with Gasteiger partial charge in [0.1, 0.15) is 6.04 Å². The summed E-state index contributed by atoms with van der Waals surface area (Å²) in [5, 5.41) is 0. The van der Waals surface area contributed by atoms with Gasteiger partial charge >= 0.3 is 5.97 Å². The second-order valence-corrected chi connectivity index (χ2v) is 9.75. The van der Waals surface area contributed by atoms with Crippen molar-refractivity contribution in [1.29, 1.82) is 0 Å². The molecule has 0 unspecified atom stereocenters. The zero-order chi connectivity index (χ0) is 19.7. The van der Waals surface area contributed by atoms with Crippen molar-refractivity contribution in [2.45, 2.75) is 68.7 Å². The lowest BCUT2D eigenvalue weighted by Gasteiger charge is -2.29. The fourth-order valence-corrected chi connectivity index (χ4v) is 6.11. The summed E-state index contributed by atoms with van der Waals surface area (Å²) in [6.45, 7) is 1.72. The first-order valence-corrected chi connectivity index (χ1v) is 11.2. The number of rotatable bonds is 5. The number of thioether (sulfide) groups is 1. The summed E-state index contributed by atoms with van der Waals surface area (Å²) in [6, 6.07) is 7.17. The van der Waals surface area contributed by atoms with E-state index in [9.17, 15) is 14.4 Å². The number of nitrogens with zero attached hydrogens (tertiary/aromatic N) is 1. The molecule has 150 valence electrons. The lowest BCUT2D eigenvalue weighted by atomic mass is 9.84. The van der Waals surface area contributed by atoms with Crippen LogP contribution in [-0.4, -0.2) is 45.8 Å². The zero-order valence-electron chi connectivity index (χ0n) is 16.3. The van der Waals surface area contributed by atoms with Crippen LogP contribution in [0.5, 0.6) is 0 Å². The number of fused-ring (bicyclic) bond motifs is 1. The van der Waals surface area contributed by atoms with E-state index in [1.165, 1.54) is 37.7 Å². The molecule has 1 saturated carbocycles. The van der Waals surface area contributed by atoms with Gasteiger partial charge in [-0.05, 0) is 37.7 Å². The fraction of sp³-hybridized carbons (Fsp3) is 0.591. The zero-order valence-corrected chi connectivity index (χ0v) is 17.1. The van der Waals surface area contributed by atoms with E-state index < -0.39 is 12.0 Å². The number of amides is 1. The molecule has 5 nitrogen and oxygen atoms in total. The van der Waals surface area contributed by atoms with Gasteiger partial charge in [0.15, 0.2) is 12.4 Å². The Bertz CT molecular complexity index is 771.